The average molecular weight is 354 g/mol. The number of benzene rings is 1. The lowest BCUT2D eigenvalue weighted by molar-refractivity contribution is 0.0682. The second kappa shape index (κ2) is 7.53. The molecule has 2 aromatic heterocycles. The molecule has 0 saturated heterocycles. The Morgan fingerprint density at radius 3 is 2.88 bits per heavy atom. The first-order chi connectivity index (χ1) is 12.5. The summed E-state index contributed by atoms with van der Waals surface area (Å²) in [6, 6.07) is 6.74. The first kappa shape index (κ1) is 17.9. The van der Waals surface area contributed by atoms with E-state index in [1.165, 1.54) is 6.07 Å². The fourth-order valence-corrected chi connectivity index (χ4v) is 2.98. The Labute approximate surface area is 151 Å². The van der Waals surface area contributed by atoms with Gasteiger partial charge < -0.3 is 14.6 Å². The number of ether oxygens (including phenoxy) is 1. The molecule has 3 aromatic rings. The number of pyridine rings is 1. The van der Waals surface area contributed by atoms with E-state index in [2.05, 4.69) is 10.1 Å². The van der Waals surface area contributed by atoms with Gasteiger partial charge in [-0.15, -0.1) is 0 Å². The third-order valence-corrected chi connectivity index (χ3v) is 4.21. The van der Waals surface area contributed by atoms with E-state index in [0.29, 0.717) is 36.2 Å². The van der Waals surface area contributed by atoms with Gasteiger partial charge in [-0.2, -0.15) is 5.10 Å². The summed E-state index contributed by atoms with van der Waals surface area (Å²) in [6.45, 7) is 3.09. The highest BCUT2D eigenvalue weighted by Crippen LogP contribution is 2.18. The summed E-state index contributed by atoms with van der Waals surface area (Å²) in [7, 11) is 3.44. The van der Waals surface area contributed by atoms with Gasteiger partial charge in [0.2, 0.25) is 0 Å². The van der Waals surface area contributed by atoms with Gasteiger partial charge in [-0.25, -0.2) is 0 Å². The third kappa shape index (κ3) is 3.67. The number of H-pyrrole nitrogens is 1. The molecule has 7 nitrogen and oxygen atoms in total. The Morgan fingerprint density at radius 1 is 1.38 bits per heavy atom. The number of para-hydroxylation sites is 1. The van der Waals surface area contributed by atoms with E-state index < -0.39 is 0 Å². The summed E-state index contributed by atoms with van der Waals surface area (Å²) in [6.07, 6.45) is 3.62. The molecule has 136 valence electrons. The smallest absolute Gasteiger partial charge is 0.256 e. The van der Waals surface area contributed by atoms with Gasteiger partial charge in [0, 0.05) is 56.2 Å². The molecule has 0 aliphatic rings. The Balaban J connectivity index is 2.00. The first-order valence-electron chi connectivity index (χ1n) is 8.38. The Kier molecular flexibility index (Phi) is 5.18. The topological polar surface area (TPSA) is 80.2 Å². The molecule has 0 fully saturated rings. The van der Waals surface area contributed by atoms with E-state index in [1.807, 2.05) is 13.2 Å². The van der Waals surface area contributed by atoms with Gasteiger partial charge in [-0.1, -0.05) is 6.07 Å². The van der Waals surface area contributed by atoms with Crippen LogP contribution in [0.15, 0.2) is 41.5 Å². The zero-order valence-corrected chi connectivity index (χ0v) is 15.2. The highest BCUT2D eigenvalue weighted by atomic mass is 16.5. The van der Waals surface area contributed by atoms with Crippen molar-refractivity contribution in [2.45, 2.75) is 13.5 Å². The van der Waals surface area contributed by atoms with E-state index in [9.17, 15) is 9.59 Å². The number of amides is 1. The maximum atomic E-state index is 13.2. The lowest BCUT2D eigenvalue weighted by Gasteiger charge is -2.22. The van der Waals surface area contributed by atoms with Crippen molar-refractivity contribution in [3.63, 3.8) is 0 Å². The van der Waals surface area contributed by atoms with Crippen LogP contribution in [0.4, 0.5) is 0 Å². The van der Waals surface area contributed by atoms with Crippen LogP contribution >= 0.6 is 0 Å². The van der Waals surface area contributed by atoms with Crippen molar-refractivity contribution in [1.29, 1.82) is 0 Å². The molecule has 0 saturated carbocycles. The van der Waals surface area contributed by atoms with Gasteiger partial charge in [-0.3, -0.25) is 14.3 Å². The van der Waals surface area contributed by atoms with Gasteiger partial charge in [-0.05, 0) is 19.1 Å². The number of hydrogen-bond donors (Lipinski definition) is 1. The minimum absolute atomic E-state index is 0.0957. The minimum atomic E-state index is -0.155. The van der Waals surface area contributed by atoms with Crippen molar-refractivity contribution < 1.29 is 9.53 Å². The first-order valence-corrected chi connectivity index (χ1v) is 8.38. The number of hydrogen-bond acceptors (Lipinski definition) is 4. The van der Waals surface area contributed by atoms with Crippen molar-refractivity contribution in [3.05, 3.63) is 63.7 Å². The molecule has 1 aromatic carbocycles. The SMILES string of the molecule is COCCN(Cc1cnn(C)c1)C(=O)c1cccc2c(=O)cc(C)[nH]c12. The van der Waals surface area contributed by atoms with E-state index in [4.69, 9.17) is 4.74 Å². The summed E-state index contributed by atoms with van der Waals surface area (Å²) in [5.41, 5.74) is 2.60. The predicted molar refractivity (Wildman–Crippen MR) is 99.1 cm³/mol. The molecule has 2 heterocycles. The normalized spacial score (nSPS) is 11.0. The number of aryl methyl sites for hydroxylation is 2. The van der Waals surface area contributed by atoms with Crippen molar-refractivity contribution in [1.82, 2.24) is 19.7 Å². The van der Waals surface area contributed by atoms with Crippen LogP contribution in [0, 0.1) is 6.92 Å². The molecule has 0 atom stereocenters. The molecule has 3 rings (SSSR count). The predicted octanol–water partition coefficient (Wildman–Crippen LogP) is 1.86. The minimum Gasteiger partial charge on any atom is -0.383 e. The zero-order valence-electron chi connectivity index (χ0n) is 15.2. The largest absolute Gasteiger partial charge is 0.383 e. The highest BCUT2D eigenvalue weighted by molar-refractivity contribution is 6.05. The van der Waals surface area contributed by atoms with Crippen LogP contribution in [0.5, 0.6) is 0 Å². The molecule has 1 amide bonds. The van der Waals surface area contributed by atoms with E-state index in [0.717, 1.165) is 11.3 Å². The number of nitrogens with one attached hydrogen (secondary N) is 1. The van der Waals surface area contributed by atoms with Crippen LogP contribution in [-0.2, 0) is 18.3 Å². The molecule has 0 spiro atoms. The molecule has 0 unspecified atom stereocenters. The maximum absolute atomic E-state index is 13.2. The fraction of sp³-hybridized carbons (Fsp3) is 0.316. The second-order valence-electron chi connectivity index (χ2n) is 6.29. The standard InChI is InChI=1S/C19H22N4O3/c1-13-9-17(24)15-5-4-6-16(18(15)21-13)19(25)23(7-8-26-3)12-14-10-20-22(2)11-14/h4-6,9-11H,7-8,12H2,1-3H3,(H,21,24). The molecule has 26 heavy (non-hydrogen) atoms. The Hall–Kier alpha value is -2.93. The quantitative estimate of drug-likeness (QED) is 0.733. The summed E-state index contributed by atoms with van der Waals surface area (Å²) >= 11 is 0. The second-order valence-corrected chi connectivity index (χ2v) is 6.29. The number of fused-ring (bicyclic) bond motifs is 1. The molecule has 0 aliphatic carbocycles. The average Bonchev–Trinajstić information content (AvgIpc) is 3.02. The van der Waals surface area contributed by atoms with E-state index in [1.54, 1.807) is 48.0 Å². The van der Waals surface area contributed by atoms with E-state index in [-0.39, 0.29) is 11.3 Å². The Morgan fingerprint density at radius 2 is 2.19 bits per heavy atom. The number of carbonyl (C=O) groups excluding carboxylic acids is 1. The van der Waals surface area contributed by atoms with Crippen molar-refractivity contribution in [2.24, 2.45) is 7.05 Å². The molecule has 0 bridgehead atoms. The molecular formula is C19H22N4O3. The highest BCUT2D eigenvalue weighted by Gasteiger charge is 2.20. The van der Waals surface area contributed by atoms with Crippen LogP contribution in [0.25, 0.3) is 10.9 Å². The van der Waals surface area contributed by atoms with Crippen LogP contribution < -0.4 is 5.43 Å². The molecule has 0 radical (unpaired) electrons. The summed E-state index contributed by atoms with van der Waals surface area (Å²) in [4.78, 5) is 30.3. The zero-order chi connectivity index (χ0) is 18.7. The molecule has 1 N–H and O–H groups in total. The lowest BCUT2D eigenvalue weighted by atomic mass is 10.1. The lowest BCUT2D eigenvalue weighted by Crippen LogP contribution is -2.33. The number of nitrogens with zero attached hydrogens (tertiary/aromatic N) is 3. The molecule has 0 aliphatic heterocycles. The summed E-state index contributed by atoms with van der Waals surface area (Å²) in [5, 5.41) is 4.66. The Bertz CT molecular complexity index is 990. The number of rotatable bonds is 6. The van der Waals surface area contributed by atoms with Gasteiger partial charge in [0.1, 0.15) is 0 Å². The fourth-order valence-electron chi connectivity index (χ4n) is 2.98. The van der Waals surface area contributed by atoms with Gasteiger partial charge in [0.25, 0.3) is 5.91 Å². The van der Waals surface area contributed by atoms with Crippen LogP contribution in [0.3, 0.4) is 0 Å². The van der Waals surface area contributed by atoms with Crippen LogP contribution in [0.1, 0.15) is 21.6 Å². The number of aromatic amines is 1. The van der Waals surface area contributed by atoms with Crippen molar-refractivity contribution in [3.8, 4) is 0 Å². The maximum Gasteiger partial charge on any atom is 0.256 e. The van der Waals surface area contributed by atoms with Crippen LogP contribution in [0.2, 0.25) is 0 Å². The van der Waals surface area contributed by atoms with Gasteiger partial charge in [0.05, 0.1) is 23.9 Å². The monoisotopic (exact) mass is 354 g/mol. The van der Waals surface area contributed by atoms with E-state index >= 15 is 0 Å². The van der Waals surface area contributed by atoms with Crippen molar-refractivity contribution >= 4 is 16.8 Å². The number of aromatic nitrogens is 3. The summed E-state index contributed by atoms with van der Waals surface area (Å²) in [5.74, 6) is -0.155. The van der Waals surface area contributed by atoms with Gasteiger partial charge >= 0.3 is 0 Å². The molecular weight excluding hydrogens is 332 g/mol. The third-order valence-electron chi connectivity index (χ3n) is 4.21. The van der Waals surface area contributed by atoms with Crippen LogP contribution in [-0.4, -0.2) is 45.8 Å². The number of methoxy groups -OCH3 is 1. The van der Waals surface area contributed by atoms with Crippen molar-refractivity contribution in [2.75, 3.05) is 20.3 Å². The summed E-state index contributed by atoms with van der Waals surface area (Å²) < 4.78 is 6.86. The number of carbonyl (C=O) groups is 1. The van der Waals surface area contributed by atoms with Gasteiger partial charge in [0.15, 0.2) is 5.43 Å². The molecule has 7 heteroatoms.